The molecule has 1 atom stereocenters. The van der Waals surface area contributed by atoms with Crippen LogP contribution in [0.1, 0.15) is 18.9 Å². The molecule has 0 spiro atoms. The number of hydrogen-bond acceptors (Lipinski definition) is 5. The number of aromatic nitrogens is 3. The van der Waals surface area contributed by atoms with Crippen LogP contribution in [0.4, 0.5) is 18.9 Å². The van der Waals surface area contributed by atoms with Gasteiger partial charge in [-0.2, -0.15) is 18.3 Å². The number of nitrogens with one attached hydrogen (secondary N) is 3. The maximum Gasteiger partial charge on any atom is 0.418 e. The molecule has 0 saturated heterocycles. The molecule has 0 radical (unpaired) electrons. The van der Waals surface area contributed by atoms with E-state index in [1.54, 1.807) is 6.92 Å². The standard InChI is InChI=1S/C14H13F3N4O3S/c1-2-9(25-12-11(23)19-13(24)21-20-12)10(22)18-8-6-4-3-5-7(8)14(15,16)17/h3-6,9H,2H2,1H3,(H,18,22)(H2,19,21,23,24)/t9-/m0/s1. The van der Waals surface area contributed by atoms with Gasteiger partial charge in [0, 0.05) is 0 Å². The second kappa shape index (κ2) is 7.55. The quantitative estimate of drug-likeness (QED) is 0.694. The number of benzene rings is 1. The molecule has 0 saturated carbocycles. The lowest BCUT2D eigenvalue weighted by Crippen LogP contribution is -2.29. The number of para-hydroxylation sites is 1. The van der Waals surface area contributed by atoms with E-state index in [2.05, 4.69) is 10.4 Å². The zero-order valence-electron chi connectivity index (χ0n) is 12.8. The molecule has 0 aliphatic rings. The molecule has 0 fully saturated rings. The first-order chi connectivity index (χ1) is 11.7. The van der Waals surface area contributed by atoms with Crippen molar-refractivity contribution in [3.63, 3.8) is 0 Å². The zero-order chi connectivity index (χ0) is 18.6. The average molecular weight is 374 g/mol. The minimum absolute atomic E-state index is 0.161. The van der Waals surface area contributed by atoms with Crippen molar-refractivity contribution < 1.29 is 18.0 Å². The maximum absolute atomic E-state index is 13.0. The number of H-pyrrole nitrogens is 2. The number of hydrogen-bond donors (Lipinski definition) is 3. The normalized spacial score (nSPS) is 12.6. The molecule has 1 aromatic carbocycles. The number of amides is 1. The smallest absolute Gasteiger partial charge is 0.325 e. The summed E-state index contributed by atoms with van der Waals surface area (Å²) in [6, 6.07) is 4.59. The van der Waals surface area contributed by atoms with Gasteiger partial charge in [0.1, 0.15) is 0 Å². The van der Waals surface area contributed by atoms with Crippen LogP contribution in [-0.4, -0.2) is 26.3 Å². The molecule has 0 unspecified atom stereocenters. The second-order valence-corrected chi connectivity index (χ2v) is 6.05. The highest BCUT2D eigenvalue weighted by Crippen LogP contribution is 2.35. The fraction of sp³-hybridized carbons (Fsp3) is 0.286. The molecule has 7 nitrogen and oxygen atoms in total. The first kappa shape index (κ1) is 18.8. The Morgan fingerprint density at radius 1 is 1.32 bits per heavy atom. The molecule has 0 aliphatic heterocycles. The average Bonchev–Trinajstić information content (AvgIpc) is 2.53. The molecule has 1 heterocycles. The fourth-order valence-corrected chi connectivity index (χ4v) is 2.78. The van der Waals surface area contributed by atoms with Crippen LogP contribution in [0, 0.1) is 0 Å². The van der Waals surface area contributed by atoms with Gasteiger partial charge in [0.25, 0.3) is 5.56 Å². The van der Waals surface area contributed by atoms with Crippen molar-refractivity contribution in [2.24, 2.45) is 0 Å². The summed E-state index contributed by atoms with van der Waals surface area (Å²) in [5.41, 5.74) is -2.92. The number of anilines is 1. The summed E-state index contributed by atoms with van der Waals surface area (Å²) < 4.78 is 38.9. The van der Waals surface area contributed by atoms with Gasteiger partial charge in [-0.15, -0.1) is 0 Å². The van der Waals surface area contributed by atoms with E-state index in [0.29, 0.717) is 0 Å². The van der Waals surface area contributed by atoms with Crippen LogP contribution < -0.4 is 16.6 Å². The van der Waals surface area contributed by atoms with Gasteiger partial charge in [0.15, 0.2) is 5.03 Å². The summed E-state index contributed by atoms with van der Waals surface area (Å²) >= 11 is 0.746. The third kappa shape index (κ3) is 4.72. The van der Waals surface area contributed by atoms with Crippen molar-refractivity contribution >= 4 is 23.4 Å². The van der Waals surface area contributed by atoms with Crippen LogP contribution in [0.2, 0.25) is 0 Å². The Labute approximate surface area is 143 Å². The van der Waals surface area contributed by atoms with Crippen molar-refractivity contribution in [2.75, 3.05) is 5.32 Å². The summed E-state index contributed by atoms with van der Waals surface area (Å²) in [7, 11) is 0. The van der Waals surface area contributed by atoms with E-state index < -0.39 is 34.1 Å². The number of nitrogens with zero attached hydrogens (tertiary/aromatic N) is 1. The Morgan fingerprint density at radius 3 is 2.60 bits per heavy atom. The second-order valence-electron chi connectivity index (χ2n) is 4.86. The summed E-state index contributed by atoms with van der Waals surface area (Å²) in [4.78, 5) is 36.8. The molecule has 0 aliphatic carbocycles. The molecule has 3 N–H and O–H groups in total. The number of alkyl halides is 3. The first-order valence-corrected chi connectivity index (χ1v) is 7.93. The molecule has 2 aromatic rings. The van der Waals surface area contributed by atoms with Gasteiger partial charge in [0.05, 0.1) is 16.5 Å². The first-order valence-electron chi connectivity index (χ1n) is 7.05. The monoisotopic (exact) mass is 374 g/mol. The molecule has 134 valence electrons. The third-order valence-corrected chi connectivity index (χ3v) is 4.42. The molecular formula is C14H13F3N4O3S. The highest BCUT2D eigenvalue weighted by molar-refractivity contribution is 8.00. The Bertz CT molecular complexity index is 878. The van der Waals surface area contributed by atoms with Gasteiger partial charge in [-0.3, -0.25) is 14.6 Å². The predicted octanol–water partition coefficient (Wildman–Crippen LogP) is 1.99. The minimum atomic E-state index is -4.61. The number of carbonyl (C=O) groups excluding carboxylic acids is 1. The molecule has 25 heavy (non-hydrogen) atoms. The largest absolute Gasteiger partial charge is 0.418 e. The van der Waals surface area contributed by atoms with Gasteiger partial charge >= 0.3 is 11.9 Å². The van der Waals surface area contributed by atoms with Crippen molar-refractivity contribution in [1.29, 1.82) is 0 Å². The van der Waals surface area contributed by atoms with Gasteiger partial charge in [-0.1, -0.05) is 30.8 Å². The summed E-state index contributed by atoms with van der Waals surface area (Å²) in [5.74, 6) is -0.711. The van der Waals surface area contributed by atoms with Crippen LogP contribution in [0.5, 0.6) is 0 Å². The van der Waals surface area contributed by atoms with Crippen LogP contribution in [0.15, 0.2) is 38.9 Å². The number of thioether (sulfide) groups is 1. The molecular weight excluding hydrogens is 361 g/mol. The highest BCUT2D eigenvalue weighted by atomic mass is 32.2. The van der Waals surface area contributed by atoms with Gasteiger partial charge < -0.3 is 5.32 Å². The van der Waals surface area contributed by atoms with Gasteiger partial charge in [0.2, 0.25) is 5.91 Å². The van der Waals surface area contributed by atoms with E-state index in [0.717, 1.165) is 23.9 Å². The van der Waals surface area contributed by atoms with Gasteiger partial charge in [-0.05, 0) is 18.6 Å². The minimum Gasteiger partial charge on any atom is -0.325 e. The lowest BCUT2D eigenvalue weighted by molar-refractivity contribution is -0.137. The van der Waals surface area contributed by atoms with E-state index in [9.17, 15) is 27.6 Å². The molecule has 0 bridgehead atoms. The Morgan fingerprint density at radius 2 is 2.00 bits per heavy atom. The molecule has 1 amide bonds. The van der Waals surface area contributed by atoms with Crippen molar-refractivity contribution in [2.45, 2.75) is 29.8 Å². The van der Waals surface area contributed by atoms with E-state index >= 15 is 0 Å². The molecule has 1 aromatic heterocycles. The summed E-state index contributed by atoms with van der Waals surface area (Å²) in [6.07, 6.45) is -4.39. The highest BCUT2D eigenvalue weighted by Gasteiger charge is 2.34. The molecule has 11 heteroatoms. The van der Waals surface area contributed by atoms with Gasteiger partial charge in [-0.25, -0.2) is 9.89 Å². The Kier molecular flexibility index (Phi) is 5.67. The predicted molar refractivity (Wildman–Crippen MR) is 85.5 cm³/mol. The number of carbonyl (C=O) groups is 1. The molecule has 2 rings (SSSR count). The third-order valence-electron chi connectivity index (χ3n) is 3.09. The van der Waals surface area contributed by atoms with Crippen molar-refractivity contribution in [3.05, 3.63) is 50.7 Å². The lowest BCUT2D eigenvalue weighted by atomic mass is 10.1. The summed E-state index contributed by atoms with van der Waals surface area (Å²) in [6.45, 7) is 1.63. The zero-order valence-corrected chi connectivity index (χ0v) is 13.6. The van der Waals surface area contributed by atoms with Crippen LogP contribution in [0.25, 0.3) is 0 Å². The fourth-order valence-electron chi connectivity index (χ4n) is 1.93. The topological polar surface area (TPSA) is 108 Å². The van der Waals surface area contributed by atoms with Crippen molar-refractivity contribution in [3.8, 4) is 0 Å². The SMILES string of the molecule is CC[C@H](Sc1n[nH]c(=O)[nH]c1=O)C(=O)Nc1ccccc1C(F)(F)F. The van der Waals surface area contributed by atoms with Crippen LogP contribution in [0.3, 0.4) is 0 Å². The van der Waals surface area contributed by atoms with E-state index in [-0.39, 0.29) is 17.1 Å². The summed E-state index contributed by atoms with van der Waals surface area (Å²) in [5, 5.41) is 6.75. The van der Waals surface area contributed by atoms with E-state index in [1.165, 1.54) is 12.1 Å². The number of rotatable bonds is 5. The van der Waals surface area contributed by atoms with Crippen molar-refractivity contribution in [1.82, 2.24) is 15.2 Å². The number of aromatic amines is 2. The van der Waals surface area contributed by atoms with Crippen LogP contribution in [-0.2, 0) is 11.0 Å². The maximum atomic E-state index is 13.0. The van der Waals surface area contributed by atoms with E-state index in [4.69, 9.17) is 0 Å². The Hall–Kier alpha value is -2.56. The van der Waals surface area contributed by atoms with Crippen LogP contribution >= 0.6 is 11.8 Å². The Balaban J connectivity index is 2.21. The lowest BCUT2D eigenvalue weighted by Gasteiger charge is -2.17. The number of halogens is 3. The van der Waals surface area contributed by atoms with E-state index in [1.807, 2.05) is 10.1 Å².